The summed E-state index contributed by atoms with van der Waals surface area (Å²) >= 11 is 3.34. The van der Waals surface area contributed by atoms with Crippen molar-refractivity contribution in [1.29, 1.82) is 0 Å². The van der Waals surface area contributed by atoms with Gasteiger partial charge in [0, 0.05) is 4.47 Å². The second-order valence-electron chi connectivity index (χ2n) is 2.84. The van der Waals surface area contributed by atoms with Crippen molar-refractivity contribution in [3.8, 4) is 0 Å². The predicted molar refractivity (Wildman–Crippen MR) is 49.4 cm³/mol. The molecule has 1 heterocycles. The highest BCUT2D eigenvalue weighted by molar-refractivity contribution is 9.10. The van der Waals surface area contributed by atoms with Gasteiger partial charge in [-0.3, -0.25) is 0 Å². The maximum atomic E-state index is 10.5. The Morgan fingerprint density at radius 1 is 1.46 bits per heavy atom. The second-order valence-corrected chi connectivity index (χ2v) is 3.69. The first kappa shape index (κ1) is 8.72. The van der Waals surface area contributed by atoms with Gasteiger partial charge in [0.1, 0.15) is 6.10 Å². The third-order valence-electron chi connectivity index (χ3n) is 1.95. The smallest absolute Gasteiger partial charge is 0.335 e. The van der Waals surface area contributed by atoms with Crippen LogP contribution in [-0.4, -0.2) is 17.2 Å². The molecule has 0 radical (unpaired) electrons. The van der Waals surface area contributed by atoms with Crippen molar-refractivity contribution >= 4 is 21.9 Å². The molecule has 1 fully saturated rings. The van der Waals surface area contributed by atoms with E-state index in [0.717, 1.165) is 10.0 Å². The number of carbonyl (C=O) groups is 1. The number of epoxide rings is 1. The van der Waals surface area contributed by atoms with Crippen LogP contribution in [-0.2, 0) is 9.53 Å². The number of carboxylic acid groups (broad SMARTS) is 1. The van der Waals surface area contributed by atoms with Gasteiger partial charge < -0.3 is 9.84 Å². The molecule has 1 aromatic rings. The Labute approximate surface area is 83.5 Å². The molecule has 0 amide bonds. The molecule has 1 aliphatic heterocycles. The number of carboxylic acids is 1. The first-order valence-electron chi connectivity index (χ1n) is 3.83. The van der Waals surface area contributed by atoms with Gasteiger partial charge in [0.15, 0.2) is 6.10 Å². The summed E-state index contributed by atoms with van der Waals surface area (Å²) < 4.78 is 5.91. The summed E-state index contributed by atoms with van der Waals surface area (Å²) in [6, 6.07) is 7.47. The second kappa shape index (κ2) is 3.12. The molecule has 2 rings (SSSR count). The zero-order valence-electron chi connectivity index (χ0n) is 6.61. The standard InChI is InChI=1S/C9H7BrO3/c10-6-4-2-1-3-5(6)7-8(13-7)9(11)12/h1-4,7-8H,(H,11,12)/t7-,8-/m0/s1. The van der Waals surface area contributed by atoms with Crippen molar-refractivity contribution in [3.63, 3.8) is 0 Å². The Bertz CT molecular complexity index is 350. The summed E-state index contributed by atoms with van der Waals surface area (Å²) in [6.07, 6.45) is -0.952. The first-order chi connectivity index (χ1) is 6.20. The maximum Gasteiger partial charge on any atom is 0.335 e. The first-order valence-corrected chi connectivity index (χ1v) is 4.62. The normalized spacial score (nSPS) is 25.6. The lowest BCUT2D eigenvalue weighted by atomic mass is 10.1. The van der Waals surface area contributed by atoms with Gasteiger partial charge in [0.05, 0.1) is 0 Å². The highest BCUT2D eigenvalue weighted by Gasteiger charge is 2.47. The van der Waals surface area contributed by atoms with E-state index in [1.807, 2.05) is 24.3 Å². The van der Waals surface area contributed by atoms with Gasteiger partial charge in [0.2, 0.25) is 0 Å². The van der Waals surface area contributed by atoms with Gasteiger partial charge in [-0.1, -0.05) is 34.1 Å². The average Bonchev–Trinajstić information content (AvgIpc) is 2.84. The minimum Gasteiger partial charge on any atom is -0.479 e. The lowest BCUT2D eigenvalue weighted by molar-refractivity contribution is -0.138. The van der Waals surface area contributed by atoms with Crippen LogP contribution in [0.15, 0.2) is 28.7 Å². The van der Waals surface area contributed by atoms with Crippen LogP contribution in [0.2, 0.25) is 0 Å². The molecule has 4 heteroatoms. The molecule has 0 unspecified atom stereocenters. The van der Waals surface area contributed by atoms with Crippen molar-refractivity contribution in [3.05, 3.63) is 34.3 Å². The molecule has 0 saturated carbocycles. The topological polar surface area (TPSA) is 49.8 Å². The van der Waals surface area contributed by atoms with Crippen LogP contribution >= 0.6 is 15.9 Å². The largest absolute Gasteiger partial charge is 0.479 e. The van der Waals surface area contributed by atoms with Gasteiger partial charge in [0.25, 0.3) is 0 Å². The van der Waals surface area contributed by atoms with E-state index in [1.165, 1.54) is 0 Å². The van der Waals surface area contributed by atoms with Gasteiger partial charge in [-0.25, -0.2) is 4.79 Å². The monoisotopic (exact) mass is 242 g/mol. The van der Waals surface area contributed by atoms with E-state index in [0.29, 0.717) is 0 Å². The summed E-state index contributed by atoms with van der Waals surface area (Å²) in [5.41, 5.74) is 0.898. The van der Waals surface area contributed by atoms with Gasteiger partial charge >= 0.3 is 5.97 Å². The van der Waals surface area contributed by atoms with Gasteiger partial charge in [-0.15, -0.1) is 0 Å². The molecule has 0 aliphatic carbocycles. The van der Waals surface area contributed by atoms with E-state index in [1.54, 1.807) is 0 Å². The Morgan fingerprint density at radius 3 is 2.69 bits per heavy atom. The Balaban J connectivity index is 2.21. The number of benzene rings is 1. The average molecular weight is 243 g/mol. The quantitative estimate of drug-likeness (QED) is 0.808. The van der Waals surface area contributed by atoms with Crippen LogP contribution < -0.4 is 0 Å². The van der Waals surface area contributed by atoms with Crippen molar-refractivity contribution < 1.29 is 14.6 Å². The van der Waals surface area contributed by atoms with Crippen LogP contribution in [0.1, 0.15) is 11.7 Å². The zero-order chi connectivity index (χ0) is 9.42. The number of hydrogen-bond donors (Lipinski definition) is 1. The molecule has 13 heavy (non-hydrogen) atoms. The van der Waals surface area contributed by atoms with Crippen LogP contribution in [0.5, 0.6) is 0 Å². The van der Waals surface area contributed by atoms with E-state index in [9.17, 15) is 4.79 Å². The number of rotatable bonds is 2. The minimum absolute atomic E-state index is 0.284. The minimum atomic E-state index is -0.902. The summed E-state index contributed by atoms with van der Waals surface area (Å²) in [6.45, 7) is 0. The number of ether oxygens (including phenoxy) is 1. The molecule has 1 aliphatic rings. The molecule has 0 bridgehead atoms. The molecule has 2 atom stereocenters. The molecule has 1 aromatic carbocycles. The van der Waals surface area contributed by atoms with Gasteiger partial charge in [-0.2, -0.15) is 0 Å². The molecular formula is C9H7BrO3. The zero-order valence-corrected chi connectivity index (χ0v) is 8.19. The van der Waals surface area contributed by atoms with Crippen LogP contribution in [0.3, 0.4) is 0 Å². The summed E-state index contributed by atoms with van der Waals surface area (Å²) in [5.74, 6) is -0.902. The summed E-state index contributed by atoms with van der Waals surface area (Å²) in [7, 11) is 0. The number of halogens is 1. The molecule has 1 saturated heterocycles. The van der Waals surface area contributed by atoms with E-state index in [2.05, 4.69) is 15.9 Å². The third-order valence-corrected chi connectivity index (χ3v) is 2.67. The molecule has 1 N–H and O–H groups in total. The van der Waals surface area contributed by atoms with Crippen LogP contribution in [0.25, 0.3) is 0 Å². The van der Waals surface area contributed by atoms with E-state index in [-0.39, 0.29) is 6.10 Å². The van der Waals surface area contributed by atoms with E-state index in [4.69, 9.17) is 9.84 Å². The number of aliphatic carboxylic acids is 1. The lowest BCUT2D eigenvalue weighted by Crippen LogP contribution is -2.04. The molecule has 0 aromatic heterocycles. The van der Waals surface area contributed by atoms with Crippen molar-refractivity contribution in [2.45, 2.75) is 12.2 Å². The summed E-state index contributed by atoms with van der Waals surface area (Å²) in [5, 5.41) is 8.64. The van der Waals surface area contributed by atoms with Crippen LogP contribution in [0.4, 0.5) is 0 Å². The highest BCUT2D eigenvalue weighted by atomic mass is 79.9. The fourth-order valence-electron chi connectivity index (χ4n) is 1.24. The fourth-order valence-corrected chi connectivity index (χ4v) is 1.75. The molecule has 68 valence electrons. The molecule has 3 nitrogen and oxygen atoms in total. The van der Waals surface area contributed by atoms with Gasteiger partial charge in [-0.05, 0) is 11.6 Å². The third kappa shape index (κ3) is 1.59. The van der Waals surface area contributed by atoms with E-state index < -0.39 is 12.1 Å². The van der Waals surface area contributed by atoms with Crippen LogP contribution in [0, 0.1) is 0 Å². The maximum absolute atomic E-state index is 10.5. The SMILES string of the molecule is O=C(O)[C@H]1O[C@H]1c1ccccc1Br. The molecular weight excluding hydrogens is 236 g/mol. The van der Waals surface area contributed by atoms with Crippen molar-refractivity contribution in [1.82, 2.24) is 0 Å². The Hall–Kier alpha value is -0.870. The van der Waals surface area contributed by atoms with E-state index >= 15 is 0 Å². The fraction of sp³-hybridized carbons (Fsp3) is 0.222. The Kier molecular flexibility index (Phi) is 2.09. The number of hydrogen-bond acceptors (Lipinski definition) is 2. The highest BCUT2D eigenvalue weighted by Crippen LogP contribution is 2.41. The predicted octanol–water partition coefficient (Wildman–Crippen LogP) is 1.97. The lowest BCUT2D eigenvalue weighted by Gasteiger charge is -1.97. The molecule has 0 spiro atoms. The summed E-state index contributed by atoms with van der Waals surface area (Å²) in [4.78, 5) is 10.5. The van der Waals surface area contributed by atoms with Crippen molar-refractivity contribution in [2.24, 2.45) is 0 Å². The Morgan fingerprint density at radius 2 is 2.15 bits per heavy atom. The van der Waals surface area contributed by atoms with Crippen molar-refractivity contribution in [2.75, 3.05) is 0 Å².